The molecule has 0 bridgehead atoms. The predicted molar refractivity (Wildman–Crippen MR) is 64.1 cm³/mol. The third-order valence-electron chi connectivity index (χ3n) is 2.84. The normalized spacial score (nSPS) is 19.5. The van der Waals surface area contributed by atoms with E-state index in [1.165, 1.54) is 7.11 Å². The van der Waals surface area contributed by atoms with Crippen LogP contribution in [0.15, 0.2) is 6.07 Å². The molecule has 0 aromatic carbocycles. The number of aryl methyl sites for hydroxylation is 1. The maximum Gasteiger partial charge on any atom is 0.310 e. The van der Waals surface area contributed by atoms with E-state index in [0.29, 0.717) is 17.5 Å². The van der Waals surface area contributed by atoms with Gasteiger partial charge in [0, 0.05) is 19.2 Å². The molecule has 5 nitrogen and oxygen atoms in total. The minimum Gasteiger partial charge on any atom is -0.469 e. The van der Waals surface area contributed by atoms with Gasteiger partial charge in [-0.2, -0.15) is 0 Å². The van der Waals surface area contributed by atoms with E-state index in [4.69, 9.17) is 16.3 Å². The number of hydrogen-bond acceptors (Lipinski definition) is 5. The Morgan fingerprint density at radius 2 is 2.35 bits per heavy atom. The summed E-state index contributed by atoms with van der Waals surface area (Å²) in [5.41, 5.74) is 0. The van der Waals surface area contributed by atoms with Crippen molar-refractivity contribution in [3.05, 3.63) is 17.0 Å². The van der Waals surface area contributed by atoms with E-state index in [2.05, 4.69) is 9.97 Å². The monoisotopic (exact) mass is 255 g/mol. The average Bonchev–Trinajstić information content (AvgIpc) is 2.76. The Morgan fingerprint density at radius 1 is 1.59 bits per heavy atom. The van der Waals surface area contributed by atoms with Gasteiger partial charge in [-0.15, -0.1) is 0 Å². The highest BCUT2D eigenvalue weighted by Gasteiger charge is 2.29. The van der Waals surface area contributed by atoms with Gasteiger partial charge in [0.1, 0.15) is 16.8 Å². The van der Waals surface area contributed by atoms with Gasteiger partial charge in [-0.3, -0.25) is 4.79 Å². The Bertz CT molecular complexity index is 418. The number of methoxy groups -OCH3 is 1. The molecular weight excluding hydrogens is 242 g/mol. The van der Waals surface area contributed by atoms with Crippen LogP contribution in [0.3, 0.4) is 0 Å². The average molecular weight is 256 g/mol. The van der Waals surface area contributed by atoms with Gasteiger partial charge >= 0.3 is 5.97 Å². The van der Waals surface area contributed by atoms with Crippen molar-refractivity contribution < 1.29 is 9.53 Å². The van der Waals surface area contributed by atoms with Gasteiger partial charge in [0.05, 0.1) is 13.0 Å². The Morgan fingerprint density at radius 3 is 3.00 bits per heavy atom. The molecule has 0 N–H and O–H groups in total. The summed E-state index contributed by atoms with van der Waals surface area (Å²) in [5, 5.41) is 0.425. The molecule has 2 rings (SSSR count). The van der Waals surface area contributed by atoms with Gasteiger partial charge < -0.3 is 9.64 Å². The van der Waals surface area contributed by atoms with Crippen molar-refractivity contribution in [2.75, 3.05) is 25.1 Å². The summed E-state index contributed by atoms with van der Waals surface area (Å²) in [6.07, 6.45) is 0.785. The van der Waals surface area contributed by atoms with E-state index in [0.717, 1.165) is 18.8 Å². The zero-order valence-corrected chi connectivity index (χ0v) is 10.6. The number of aromatic nitrogens is 2. The molecule has 0 unspecified atom stereocenters. The number of halogens is 1. The van der Waals surface area contributed by atoms with Crippen LogP contribution in [0.5, 0.6) is 0 Å². The molecule has 1 fully saturated rings. The number of esters is 1. The summed E-state index contributed by atoms with van der Waals surface area (Å²) in [6, 6.07) is 1.72. The van der Waals surface area contributed by atoms with Crippen molar-refractivity contribution >= 4 is 23.4 Å². The molecule has 2 heterocycles. The molecule has 1 saturated heterocycles. The van der Waals surface area contributed by atoms with E-state index < -0.39 is 0 Å². The van der Waals surface area contributed by atoms with E-state index in [9.17, 15) is 4.79 Å². The lowest BCUT2D eigenvalue weighted by atomic mass is 10.1. The van der Waals surface area contributed by atoms with E-state index in [-0.39, 0.29) is 11.9 Å². The number of hydrogen-bond donors (Lipinski definition) is 0. The number of carbonyl (C=O) groups excluding carboxylic acids is 1. The smallest absolute Gasteiger partial charge is 0.310 e. The molecule has 0 saturated carbocycles. The van der Waals surface area contributed by atoms with Crippen LogP contribution in [0.4, 0.5) is 5.82 Å². The molecule has 1 aromatic rings. The maximum atomic E-state index is 11.4. The van der Waals surface area contributed by atoms with Gasteiger partial charge in [0.15, 0.2) is 0 Å². The fraction of sp³-hybridized carbons (Fsp3) is 0.545. The fourth-order valence-electron chi connectivity index (χ4n) is 2.01. The molecule has 0 radical (unpaired) electrons. The third kappa shape index (κ3) is 2.66. The van der Waals surface area contributed by atoms with Crippen molar-refractivity contribution in [2.45, 2.75) is 13.3 Å². The molecule has 1 aliphatic rings. The van der Waals surface area contributed by atoms with Gasteiger partial charge in [-0.1, -0.05) is 11.6 Å². The molecule has 0 spiro atoms. The highest BCUT2D eigenvalue weighted by molar-refractivity contribution is 6.29. The second-order valence-electron chi connectivity index (χ2n) is 4.05. The summed E-state index contributed by atoms with van der Waals surface area (Å²) in [4.78, 5) is 21.8. The van der Waals surface area contributed by atoms with Crippen LogP contribution < -0.4 is 4.90 Å². The van der Waals surface area contributed by atoms with Crippen LogP contribution in [-0.4, -0.2) is 36.1 Å². The predicted octanol–water partition coefficient (Wildman–Crippen LogP) is 1.44. The van der Waals surface area contributed by atoms with E-state index >= 15 is 0 Å². The lowest BCUT2D eigenvalue weighted by molar-refractivity contribution is -0.144. The quantitative estimate of drug-likeness (QED) is 0.591. The van der Waals surface area contributed by atoms with Gasteiger partial charge in [0.25, 0.3) is 0 Å². The van der Waals surface area contributed by atoms with Crippen LogP contribution in [0, 0.1) is 12.8 Å². The topological polar surface area (TPSA) is 55.3 Å². The summed E-state index contributed by atoms with van der Waals surface area (Å²) < 4.78 is 4.74. The number of rotatable bonds is 2. The zero-order valence-electron chi connectivity index (χ0n) is 9.81. The molecule has 6 heteroatoms. The first-order chi connectivity index (χ1) is 8.10. The Balaban J connectivity index is 2.12. The van der Waals surface area contributed by atoms with Crippen LogP contribution >= 0.6 is 11.6 Å². The minimum absolute atomic E-state index is 0.0750. The van der Waals surface area contributed by atoms with E-state index in [1.807, 2.05) is 4.90 Å². The van der Waals surface area contributed by atoms with Gasteiger partial charge in [0.2, 0.25) is 0 Å². The number of carbonyl (C=O) groups is 1. The van der Waals surface area contributed by atoms with Crippen LogP contribution in [-0.2, 0) is 9.53 Å². The molecule has 0 amide bonds. The Kier molecular flexibility index (Phi) is 3.47. The largest absolute Gasteiger partial charge is 0.469 e. The van der Waals surface area contributed by atoms with Crippen molar-refractivity contribution in [2.24, 2.45) is 5.92 Å². The Hall–Kier alpha value is -1.36. The molecule has 1 atom stereocenters. The van der Waals surface area contributed by atoms with Crippen LogP contribution in [0.25, 0.3) is 0 Å². The number of anilines is 1. The molecule has 92 valence electrons. The van der Waals surface area contributed by atoms with Crippen LogP contribution in [0.2, 0.25) is 5.15 Å². The lowest BCUT2D eigenvalue weighted by Crippen LogP contribution is -2.24. The number of nitrogens with zero attached hydrogens (tertiary/aromatic N) is 3. The summed E-state index contributed by atoms with van der Waals surface area (Å²) >= 11 is 5.89. The van der Waals surface area contributed by atoms with Gasteiger partial charge in [-0.25, -0.2) is 9.97 Å². The van der Waals surface area contributed by atoms with Crippen molar-refractivity contribution in [1.29, 1.82) is 0 Å². The van der Waals surface area contributed by atoms with E-state index in [1.54, 1.807) is 13.0 Å². The van der Waals surface area contributed by atoms with Crippen LogP contribution in [0.1, 0.15) is 12.2 Å². The first kappa shape index (κ1) is 12.1. The third-order valence-corrected chi connectivity index (χ3v) is 3.03. The lowest BCUT2D eigenvalue weighted by Gasteiger charge is -2.17. The number of ether oxygens (including phenoxy) is 1. The summed E-state index contributed by atoms with van der Waals surface area (Å²) in [5.74, 6) is 1.17. The second-order valence-corrected chi connectivity index (χ2v) is 4.44. The van der Waals surface area contributed by atoms with Crippen molar-refractivity contribution in [3.63, 3.8) is 0 Å². The fourth-order valence-corrected chi connectivity index (χ4v) is 2.23. The molecule has 1 aromatic heterocycles. The molecular formula is C11H14ClN3O2. The zero-order chi connectivity index (χ0) is 12.4. The summed E-state index contributed by atoms with van der Waals surface area (Å²) in [6.45, 7) is 3.20. The second kappa shape index (κ2) is 4.87. The molecule has 1 aliphatic heterocycles. The molecule has 17 heavy (non-hydrogen) atoms. The SMILES string of the molecule is COC(=O)[C@@H]1CCN(c2cc(Cl)nc(C)n2)C1. The van der Waals surface area contributed by atoms with Crippen molar-refractivity contribution in [1.82, 2.24) is 9.97 Å². The maximum absolute atomic E-state index is 11.4. The highest BCUT2D eigenvalue weighted by Crippen LogP contribution is 2.24. The Labute approximate surface area is 105 Å². The van der Waals surface area contributed by atoms with Crippen molar-refractivity contribution in [3.8, 4) is 0 Å². The first-order valence-corrected chi connectivity index (χ1v) is 5.82. The minimum atomic E-state index is -0.163. The standard InChI is InChI=1S/C11H14ClN3O2/c1-7-13-9(12)5-10(14-7)15-4-3-8(6-15)11(16)17-2/h5,8H,3-4,6H2,1-2H3/t8-/m1/s1. The molecule has 0 aliphatic carbocycles. The summed E-state index contributed by atoms with van der Waals surface area (Å²) in [7, 11) is 1.41. The first-order valence-electron chi connectivity index (χ1n) is 5.44. The highest BCUT2D eigenvalue weighted by atomic mass is 35.5. The van der Waals surface area contributed by atoms with Gasteiger partial charge in [-0.05, 0) is 13.3 Å².